The average molecular weight is 130 g/mol. The van der Waals surface area contributed by atoms with Crippen LogP contribution in [0, 0.1) is 0 Å². The molecule has 3 nitrogen and oxygen atoms in total. The fourth-order valence-corrected chi connectivity index (χ4v) is 0.352. The summed E-state index contributed by atoms with van der Waals surface area (Å²) in [7, 11) is 3.52. The molecule has 0 rings (SSSR count). The molecule has 0 aromatic carbocycles. The summed E-state index contributed by atoms with van der Waals surface area (Å²) >= 11 is 0. The molecule has 0 radical (unpaired) electrons. The number of methoxy groups -OCH3 is 1. The fourth-order valence-electron chi connectivity index (χ4n) is 0.352. The molecule has 0 bridgehead atoms. The highest BCUT2D eigenvalue weighted by Crippen LogP contribution is 1.84. The molecule has 0 atom stereocenters. The second-order valence-corrected chi connectivity index (χ2v) is 1.80. The Morgan fingerprint density at radius 2 is 2.22 bits per heavy atom. The predicted octanol–water partition coefficient (Wildman–Crippen LogP) is 0.918. The number of nitrogens with zero attached hydrogens (tertiary/aromatic N) is 2. The number of ether oxygens (including phenoxy) is 1. The van der Waals surface area contributed by atoms with Crippen LogP contribution in [0.25, 0.3) is 0 Å². The van der Waals surface area contributed by atoms with Gasteiger partial charge in [-0.15, -0.1) is 5.10 Å². The number of hydrogen-bond acceptors (Lipinski definition) is 3. The van der Waals surface area contributed by atoms with Gasteiger partial charge >= 0.3 is 0 Å². The lowest BCUT2D eigenvalue weighted by Gasteiger charge is -2.09. The lowest BCUT2D eigenvalue weighted by atomic mass is 10.7. The van der Waals surface area contributed by atoms with Gasteiger partial charge in [0, 0.05) is 20.5 Å². The van der Waals surface area contributed by atoms with Crippen molar-refractivity contribution < 1.29 is 4.74 Å². The molecule has 0 spiro atoms. The van der Waals surface area contributed by atoms with Gasteiger partial charge in [-0.1, -0.05) is 0 Å². The van der Waals surface area contributed by atoms with Crippen LogP contribution in [0.3, 0.4) is 0 Å². The lowest BCUT2D eigenvalue weighted by molar-refractivity contribution is 0.332. The zero-order valence-electron chi connectivity index (χ0n) is 6.51. The van der Waals surface area contributed by atoms with Gasteiger partial charge in [0.25, 0.3) is 0 Å². The highest BCUT2D eigenvalue weighted by molar-refractivity contribution is 5.72. The van der Waals surface area contributed by atoms with Gasteiger partial charge in [-0.05, 0) is 6.92 Å². The maximum Gasteiger partial charge on any atom is 0.202 e. The molecule has 0 saturated carbocycles. The number of rotatable bonds is 2. The molecule has 0 fully saturated rings. The van der Waals surface area contributed by atoms with Crippen molar-refractivity contribution in [2.45, 2.75) is 13.8 Å². The van der Waals surface area contributed by atoms with Gasteiger partial charge in [-0.25, -0.2) is 0 Å². The fraction of sp³-hybridized carbons (Fsp3) is 0.833. The summed E-state index contributed by atoms with van der Waals surface area (Å²) in [6.07, 6.45) is 0. The standard InChI is InChI=1S/C6H14N2O/c1-5-8(3)7-6(2)9-4/h5H2,1-4H3/b7-6-. The summed E-state index contributed by atoms with van der Waals surface area (Å²) in [6, 6.07) is 0. The van der Waals surface area contributed by atoms with E-state index < -0.39 is 0 Å². The van der Waals surface area contributed by atoms with E-state index in [1.54, 1.807) is 7.11 Å². The number of hydrazone groups is 1. The predicted molar refractivity (Wildman–Crippen MR) is 38.4 cm³/mol. The van der Waals surface area contributed by atoms with Crippen molar-refractivity contribution in [3.05, 3.63) is 0 Å². The molecule has 0 aromatic heterocycles. The van der Waals surface area contributed by atoms with Gasteiger partial charge in [0.1, 0.15) is 0 Å². The van der Waals surface area contributed by atoms with Crippen molar-refractivity contribution in [3.8, 4) is 0 Å². The minimum absolute atomic E-state index is 0.694. The minimum Gasteiger partial charge on any atom is -0.483 e. The van der Waals surface area contributed by atoms with Gasteiger partial charge in [-0.2, -0.15) is 0 Å². The third-order valence-electron chi connectivity index (χ3n) is 1.06. The molecule has 54 valence electrons. The summed E-state index contributed by atoms with van der Waals surface area (Å²) in [5.41, 5.74) is 0. The molecular weight excluding hydrogens is 116 g/mol. The third kappa shape index (κ3) is 3.82. The Kier molecular flexibility index (Phi) is 3.84. The van der Waals surface area contributed by atoms with Crippen molar-refractivity contribution in [3.63, 3.8) is 0 Å². The van der Waals surface area contributed by atoms with Crippen molar-refractivity contribution >= 4 is 5.90 Å². The van der Waals surface area contributed by atoms with Gasteiger partial charge < -0.3 is 4.74 Å². The zero-order chi connectivity index (χ0) is 7.28. The van der Waals surface area contributed by atoms with Crippen LogP contribution in [-0.4, -0.2) is 31.6 Å². The van der Waals surface area contributed by atoms with Crippen LogP contribution in [0.5, 0.6) is 0 Å². The second-order valence-electron chi connectivity index (χ2n) is 1.80. The Morgan fingerprint density at radius 3 is 2.56 bits per heavy atom. The Bertz CT molecular complexity index is 101. The summed E-state index contributed by atoms with van der Waals surface area (Å²) in [5, 5.41) is 5.86. The van der Waals surface area contributed by atoms with Gasteiger partial charge in [0.2, 0.25) is 5.90 Å². The highest BCUT2D eigenvalue weighted by atomic mass is 16.5. The molecule has 0 N–H and O–H groups in total. The van der Waals surface area contributed by atoms with E-state index in [2.05, 4.69) is 5.10 Å². The molecule has 3 heteroatoms. The lowest BCUT2D eigenvalue weighted by Crippen LogP contribution is -2.12. The van der Waals surface area contributed by atoms with Gasteiger partial charge in [0.15, 0.2) is 0 Å². The van der Waals surface area contributed by atoms with Crippen LogP contribution < -0.4 is 0 Å². The van der Waals surface area contributed by atoms with E-state index in [-0.39, 0.29) is 0 Å². The van der Waals surface area contributed by atoms with Crippen LogP contribution in [-0.2, 0) is 4.74 Å². The molecule has 0 aliphatic rings. The third-order valence-corrected chi connectivity index (χ3v) is 1.06. The van der Waals surface area contributed by atoms with Crippen molar-refractivity contribution in [1.82, 2.24) is 5.01 Å². The minimum atomic E-state index is 0.694. The van der Waals surface area contributed by atoms with Gasteiger partial charge in [-0.3, -0.25) is 5.01 Å². The van der Waals surface area contributed by atoms with Crippen molar-refractivity contribution in [1.29, 1.82) is 0 Å². The first-order valence-corrected chi connectivity index (χ1v) is 3.01. The van der Waals surface area contributed by atoms with E-state index in [0.717, 1.165) is 6.54 Å². The molecule has 0 aliphatic carbocycles. The molecular formula is C6H14N2O. The SMILES string of the molecule is CCN(C)/N=C(/C)OC. The second kappa shape index (κ2) is 4.18. The van der Waals surface area contributed by atoms with E-state index in [0.29, 0.717) is 5.90 Å². The van der Waals surface area contributed by atoms with Crippen molar-refractivity contribution in [2.75, 3.05) is 20.7 Å². The molecule has 0 saturated heterocycles. The summed E-state index contributed by atoms with van der Waals surface area (Å²) in [4.78, 5) is 0. The molecule has 9 heavy (non-hydrogen) atoms. The monoisotopic (exact) mass is 130 g/mol. The first-order chi connectivity index (χ1) is 4.20. The quantitative estimate of drug-likeness (QED) is 0.315. The first kappa shape index (κ1) is 8.27. The van der Waals surface area contributed by atoms with Crippen LogP contribution in [0.4, 0.5) is 0 Å². The van der Waals surface area contributed by atoms with E-state index in [1.807, 2.05) is 25.9 Å². The topological polar surface area (TPSA) is 24.8 Å². The molecule has 0 heterocycles. The smallest absolute Gasteiger partial charge is 0.202 e. The van der Waals surface area contributed by atoms with Crippen molar-refractivity contribution in [2.24, 2.45) is 5.10 Å². The average Bonchev–Trinajstić information content (AvgIpc) is 1.87. The van der Waals surface area contributed by atoms with E-state index in [1.165, 1.54) is 0 Å². The maximum atomic E-state index is 4.83. The largest absolute Gasteiger partial charge is 0.483 e. The molecule has 0 aliphatic heterocycles. The molecule has 0 aromatic rings. The van der Waals surface area contributed by atoms with E-state index in [4.69, 9.17) is 4.74 Å². The summed E-state index contributed by atoms with van der Waals surface area (Å²) in [5.74, 6) is 0.694. The molecule has 0 amide bonds. The first-order valence-electron chi connectivity index (χ1n) is 3.01. The number of hydrogen-bond donors (Lipinski definition) is 0. The maximum absolute atomic E-state index is 4.83. The van der Waals surface area contributed by atoms with E-state index in [9.17, 15) is 0 Å². The van der Waals surface area contributed by atoms with Crippen LogP contribution in [0.1, 0.15) is 13.8 Å². The van der Waals surface area contributed by atoms with Gasteiger partial charge in [0.05, 0.1) is 7.11 Å². The Labute approximate surface area is 56.3 Å². The Balaban J connectivity index is 3.64. The van der Waals surface area contributed by atoms with Crippen LogP contribution in [0.15, 0.2) is 5.10 Å². The zero-order valence-corrected chi connectivity index (χ0v) is 6.51. The summed E-state index contributed by atoms with van der Waals surface area (Å²) in [6.45, 7) is 4.76. The Morgan fingerprint density at radius 1 is 1.67 bits per heavy atom. The normalized spacial score (nSPS) is 11.3. The van der Waals surface area contributed by atoms with Crippen LogP contribution >= 0.6 is 0 Å². The Hall–Kier alpha value is -0.730. The molecule has 0 unspecified atom stereocenters. The summed E-state index contributed by atoms with van der Waals surface area (Å²) < 4.78 is 4.83. The highest BCUT2D eigenvalue weighted by Gasteiger charge is 1.88. The van der Waals surface area contributed by atoms with Crippen LogP contribution in [0.2, 0.25) is 0 Å². The van der Waals surface area contributed by atoms with E-state index >= 15 is 0 Å².